The van der Waals surface area contributed by atoms with Crippen molar-refractivity contribution in [3.63, 3.8) is 0 Å². The van der Waals surface area contributed by atoms with Gasteiger partial charge in [0.1, 0.15) is 0 Å². The van der Waals surface area contributed by atoms with Gasteiger partial charge in [-0.15, -0.1) is 0 Å². The van der Waals surface area contributed by atoms with Crippen molar-refractivity contribution >= 4 is 11.9 Å². The molecule has 0 spiro atoms. The Balaban J connectivity index is 1.65. The van der Waals surface area contributed by atoms with Gasteiger partial charge in [-0.3, -0.25) is 4.90 Å². The highest BCUT2D eigenvalue weighted by atomic mass is 15.3. The molecular weight excluding hydrogens is 278 g/mol. The van der Waals surface area contributed by atoms with Gasteiger partial charge in [0.2, 0.25) is 5.95 Å². The smallest absolute Gasteiger partial charge is 0.225 e. The number of aromatic nitrogens is 2. The SMILES string of the molecule is C=C(C)CN=C(N)NCCN1CCN(c2ncccn2)CC1. The number of anilines is 1. The van der Waals surface area contributed by atoms with Gasteiger partial charge in [0, 0.05) is 51.7 Å². The lowest BCUT2D eigenvalue weighted by Gasteiger charge is -2.34. The van der Waals surface area contributed by atoms with Gasteiger partial charge in [-0.05, 0) is 13.0 Å². The Hall–Kier alpha value is -2.15. The first-order valence-corrected chi connectivity index (χ1v) is 7.57. The first kappa shape index (κ1) is 16.2. The zero-order valence-corrected chi connectivity index (χ0v) is 13.2. The Labute approximate surface area is 131 Å². The largest absolute Gasteiger partial charge is 0.370 e. The molecule has 0 radical (unpaired) electrons. The minimum absolute atomic E-state index is 0.485. The summed E-state index contributed by atoms with van der Waals surface area (Å²) in [5.74, 6) is 1.30. The summed E-state index contributed by atoms with van der Waals surface area (Å²) in [5.41, 5.74) is 6.79. The second kappa shape index (κ2) is 8.33. The highest BCUT2D eigenvalue weighted by molar-refractivity contribution is 5.77. The molecule has 0 atom stereocenters. The Morgan fingerprint density at radius 1 is 1.32 bits per heavy atom. The summed E-state index contributed by atoms with van der Waals surface area (Å²) in [6.45, 7) is 12.0. The van der Waals surface area contributed by atoms with Crippen LogP contribution in [0.5, 0.6) is 0 Å². The quantitative estimate of drug-likeness (QED) is 0.440. The Morgan fingerprint density at radius 2 is 2.00 bits per heavy atom. The number of nitrogens with one attached hydrogen (secondary N) is 1. The lowest BCUT2D eigenvalue weighted by molar-refractivity contribution is 0.260. The van der Waals surface area contributed by atoms with Crippen molar-refractivity contribution in [3.8, 4) is 0 Å². The molecule has 0 saturated carbocycles. The van der Waals surface area contributed by atoms with Crippen LogP contribution in [0.2, 0.25) is 0 Å². The van der Waals surface area contributed by atoms with Crippen molar-refractivity contribution in [1.29, 1.82) is 0 Å². The van der Waals surface area contributed by atoms with Crippen LogP contribution in [0.15, 0.2) is 35.6 Å². The van der Waals surface area contributed by atoms with Crippen molar-refractivity contribution in [2.75, 3.05) is 50.7 Å². The van der Waals surface area contributed by atoms with Gasteiger partial charge in [0.15, 0.2) is 5.96 Å². The van der Waals surface area contributed by atoms with Gasteiger partial charge in [-0.2, -0.15) is 0 Å². The summed E-state index contributed by atoms with van der Waals surface area (Å²) < 4.78 is 0. The molecule has 0 unspecified atom stereocenters. The molecule has 0 bridgehead atoms. The third-order valence-electron chi connectivity index (χ3n) is 3.46. The van der Waals surface area contributed by atoms with E-state index in [2.05, 4.69) is 36.7 Å². The number of nitrogens with zero attached hydrogens (tertiary/aromatic N) is 5. The highest BCUT2D eigenvalue weighted by Crippen LogP contribution is 2.08. The van der Waals surface area contributed by atoms with E-state index in [1.165, 1.54) is 0 Å². The molecule has 2 heterocycles. The van der Waals surface area contributed by atoms with Crippen molar-refractivity contribution in [3.05, 3.63) is 30.6 Å². The van der Waals surface area contributed by atoms with E-state index >= 15 is 0 Å². The molecule has 7 nitrogen and oxygen atoms in total. The maximum Gasteiger partial charge on any atom is 0.225 e. The van der Waals surface area contributed by atoms with Crippen LogP contribution < -0.4 is 16.0 Å². The van der Waals surface area contributed by atoms with E-state index < -0.39 is 0 Å². The minimum atomic E-state index is 0.485. The monoisotopic (exact) mass is 303 g/mol. The average Bonchev–Trinajstić information content (AvgIpc) is 2.54. The molecule has 22 heavy (non-hydrogen) atoms. The zero-order chi connectivity index (χ0) is 15.8. The van der Waals surface area contributed by atoms with Crippen LogP contribution in [-0.4, -0.2) is 66.6 Å². The van der Waals surface area contributed by atoms with Crippen LogP contribution in [0.4, 0.5) is 5.95 Å². The Kier molecular flexibility index (Phi) is 6.14. The fourth-order valence-corrected chi connectivity index (χ4v) is 2.24. The normalized spacial score (nSPS) is 16.6. The van der Waals surface area contributed by atoms with E-state index in [1.807, 2.05) is 13.0 Å². The fourth-order valence-electron chi connectivity index (χ4n) is 2.24. The highest BCUT2D eigenvalue weighted by Gasteiger charge is 2.18. The first-order chi connectivity index (χ1) is 10.6. The molecule has 1 aromatic rings. The summed E-state index contributed by atoms with van der Waals surface area (Å²) in [7, 11) is 0. The summed E-state index contributed by atoms with van der Waals surface area (Å²) in [6, 6.07) is 1.84. The molecule has 1 fully saturated rings. The van der Waals surface area contributed by atoms with Crippen LogP contribution in [0, 0.1) is 0 Å². The van der Waals surface area contributed by atoms with E-state index in [0.717, 1.165) is 50.8 Å². The number of hydrogen-bond donors (Lipinski definition) is 2. The van der Waals surface area contributed by atoms with Crippen molar-refractivity contribution in [2.24, 2.45) is 10.7 Å². The molecule has 120 valence electrons. The van der Waals surface area contributed by atoms with Crippen LogP contribution in [-0.2, 0) is 0 Å². The third kappa shape index (κ3) is 5.33. The lowest BCUT2D eigenvalue weighted by Crippen LogP contribution is -2.49. The number of nitrogens with two attached hydrogens (primary N) is 1. The third-order valence-corrected chi connectivity index (χ3v) is 3.46. The van der Waals surface area contributed by atoms with Gasteiger partial charge in [-0.25, -0.2) is 15.0 Å². The summed E-state index contributed by atoms with van der Waals surface area (Å²) >= 11 is 0. The van der Waals surface area contributed by atoms with E-state index in [-0.39, 0.29) is 0 Å². The predicted octanol–water partition coefficient (Wildman–Crippen LogP) is 0.0790. The van der Waals surface area contributed by atoms with Crippen LogP contribution in [0.25, 0.3) is 0 Å². The second-order valence-electron chi connectivity index (χ2n) is 5.46. The predicted molar refractivity (Wildman–Crippen MR) is 90.0 cm³/mol. The average molecular weight is 303 g/mol. The van der Waals surface area contributed by atoms with Gasteiger partial charge in [0.25, 0.3) is 0 Å². The van der Waals surface area contributed by atoms with Crippen molar-refractivity contribution < 1.29 is 0 Å². The summed E-state index contributed by atoms with van der Waals surface area (Å²) in [6.07, 6.45) is 3.57. The molecular formula is C15H25N7. The van der Waals surface area contributed by atoms with Crippen LogP contribution >= 0.6 is 0 Å². The van der Waals surface area contributed by atoms with E-state index in [4.69, 9.17) is 5.73 Å². The van der Waals surface area contributed by atoms with Crippen molar-refractivity contribution in [2.45, 2.75) is 6.92 Å². The standard InChI is InChI=1S/C15H25N7/c1-13(2)12-20-14(16)17-6-7-21-8-10-22(11-9-21)15-18-4-3-5-19-15/h3-5H,1,6-12H2,2H3,(H3,16,17,20). The van der Waals surface area contributed by atoms with E-state index in [0.29, 0.717) is 12.5 Å². The van der Waals surface area contributed by atoms with E-state index in [9.17, 15) is 0 Å². The molecule has 7 heteroatoms. The number of piperazine rings is 1. The Bertz CT molecular complexity index is 492. The van der Waals surface area contributed by atoms with Crippen LogP contribution in [0.3, 0.4) is 0 Å². The first-order valence-electron chi connectivity index (χ1n) is 7.57. The fraction of sp³-hybridized carbons (Fsp3) is 0.533. The number of guanidine groups is 1. The van der Waals surface area contributed by atoms with Gasteiger partial charge >= 0.3 is 0 Å². The van der Waals surface area contributed by atoms with Gasteiger partial charge in [-0.1, -0.05) is 12.2 Å². The molecule has 0 aromatic carbocycles. The molecule has 1 aliphatic rings. The number of rotatable bonds is 6. The number of hydrogen-bond acceptors (Lipinski definition) is 5. The molecule has 2 rings (SSSR count). The minimum Gasteiger partial charge on any atom is -0.370 e. The molecule has 0 aliphatic carbocycles. The van der Waals surface area contributed by atoms with E-state index in [1.54, 1.807) is 12.4 Å². The zero-order valence-electron chi connectivity index (χ0n) is 13.2. The maximum absolute atomic E-state index is 5.79. The molecule has 3 N–H and O–H groups in total. The number of aliphatic imine (C=N–C) groups is 1. The lowest BCUT2D eigenvalue weighted by atomic mass is 10.3. The molecule has 1 aromatic heterocycles. The Morgan fingerprint density at radius 3 is 2.64 bits per heavy atom. The molecule has 0 amide bonds. The second-order valence-corrected chi connectivity index (χ2v) is 5.46. The van der Waals surface area contributed by atoms with Crippen LogP contribution in [0.1, 0.15) is 6.92 Å². The van der Waals surface area contributed by atoms with Gasteiger partial charge < -0.3 is 16.0 Å². The summed E-state index contributed by atoms with van der Waals surface area (Å²) in [4.78, 5) is 17.4. The maximum atomic E-state index is 5.79. The van der Waals surface area contributed by atoms with Gasteiger partial charge in [0.05, 0.1) is 6.54 Å². The van der Waals surface area contributed by atoms with Crippen molar-refractivity contribution in [1.82, 2.24) is 20.2 Å². The summed E-state index contributed by atoms with van der Waals surface area (Å²) in [5, 5.41) is 3.13. The topological polar surface area (TPSA) is 82.7 Å². The molecule has 1 saturated heterocycles. The molecule has 1 aliphatic heterocycles.